The molecule has 2 heterocycles. The molecule has 0 saturated carbocycles. The number of hydrogen-bond acceptors (Lipinski definition) is 6. The third-order valence-electron chi connectivity index (χ3n) is 5.08. The van der Waals surface area contributed by atoms with Gasteiger partial charge in [0.25, 0.3) is 0 Å². The SMILES string of the molecule is CCN(CC)S(=O)(=O)c1ccc(N2CCOCC2)c(NC(=O)/C=C/c2ccc(C)o2)c1. The van der Waals surface area contributed by atoms with Gasteiger partial charge in [-0.1, -0.05) is 13.8 Å². The van der Waals surface area contributed by atoms with Crippen LogP contribution in [0.4, 0.5) is 11.4 Å². The predicted molar refractivity (Wildman–Crippen MR) is 121 cm³/mol. The number of sulfonamides is 1. The molecular weight excluding hydrogens is 418 g/mol. The summed E-state index contributed by atoms with van der Waals surface area (Å²) in [6, 6.07) is 8.46. The number of nitrogens with zero attached hydrogens (tertiary/aromatic N) is 2. The van der Waals surface area contributed by atoms with Crippen LogP contribution >= 0.6 is 0 Å². The Morgan fingerprint density at radius 2 is 1.87 bits per heavy atom. The average molecular weight is 448 g/mol. The van der Waals surface area contributed by atoms with Crippen LogP contribution < -0.4 is 10.2 Å². The lowest BCUT2D eigenvalue weighted by molar-refractivity contribution is -0.111. The van der Waals surface area contributed by atoms with Gasteiger partial charge in [-0.3, -0.25) is 4.79 Å². The van der Waals surface area contributed by atoms with Gasteiger partial charge in [-0.25, -0.2) is 8.42 Å². The topological polar surface area (TPSA) is 92.1 Å². The summed E-state index contributed by atoms with van der Waals surface area (Å²) >= 11 is 0. The van der Waals surface area contributed by atoms with Crippen LogP contribution in [0.5, 0.6) is 0 Å². The van der Waals surface area contributed by atoms with Gasteiger partial charge in [0.05, 0.1) is 29.5 Å². The van der Waals surface area contributed by atoms with Gasteiger partial charge in [-0.2, -0.15) is 4.31 Å². The second-order valence-electron chi connectivity index (χ2n) is 7.14. The molecule has 8 nitrogen and oxygen atoms in total. The second kappa shape index (κ2) is 10.1. The van der Waals surface area contributed by atoms with Crippen molar-refractivity contribution in [3.05, 3.63) is 47.9 Å². The Kier molecular flexibility index (Phi) is 7.53. The fourth-order valence-electron chi connectivity index (χ4n) is 3.44. The molecule has 31 heavy (non-hydrogen) atoms. The smallest absolute Gasteiger partial charge is 0.248 e. The maximum absolute atomic E-state index is 13.0. The molecule has 3 rings (SSSR count). The van der Waals surface area contributed by atoms with E-state index in [4.69, 9.17) is 9.15 Å². The normalized spacial score (nSPS) is 15.0. The molecule has 1 fully saturated rings. The summed E-state index contributed by atoms with van der Waals surface area (Å²) in [5, 5.41) is 2.84. The molecule has 1 aromatic carbocycles. The van der Waals surface area contributed by atoms with Gasteiger partial charge >= 0.3 is 0 Å². The van der Waals surface area contributed by atoms with Crippen molar-refractivity contribution in [1.82, 2.24) is 4.31 Å². The van der Waals surface area contributed by atoms with Gasteiger partial charge in [-0.05, 0) is 43.3 Å². The number of carbonyl (C=O) groups is 1. The van der Waals surface area contributed by atoms with Crippen LogP contribution in [-0.2, 0) is 19.6 Å². The summed E-state index contributed by atoms with van der Waals surface area (Å²) in [6.07, 6.45) is 2.94. The van der Waals surface area contributed by atoms with Crippen LogP contribution in [0.2, 0.25) is 0 Å². The molecule has 0 unspecified atom stereocenters. The van der Waals surface area contributed by atoms with E-state index in [2.05, 4.69) is 10.2 Å². The van der Waals surface area contributed by atoms with E-state index in [1.54, 1.807) is 38.1 Å². The number of rotatable bonds is 8. The number of morpholine rings is 1. The Morgan fingerprint density at radius 1 is 1.16 bits per heavy atom. The van der Waals surface area contributed by atoms with Crippen LogP contribution in [0.3, 0.4) is 0 Å². The number of nitrogens with one attached hydrogen (secondary N) is 1. The highest BCUT2D eigenvalue weighted by Crippen LogP contribution is 2.31. The first kappa shape index (κ1) is 23.1. The maximum Gasteiger partial charge on any atom is 0.248 e. The lowest BCUT2D eigenvalue weighted by Crippen LogP contribution is -2.37. The van der Waals surface area contributed by atoms with E-state index in [1.165, 1.54) is 16.4 Å². The Balaban J connectivity index is 1.91. The molecule has 1 N–H and O–H groups in total. The minimum absolute atomic E-state index is 0.147. The van der Waals surface area contributed by atoms with E-state index in [0.29, 0.717) is 50.8 Å². The first-order chi connectivity index (χ1) is 14.8. The highest BCUT2D eigenvalue weighted by atomic mass is 32.2. The number of amides is 1. The largest absolute Gasteiger partial charge is 0.462 e. The van der Waals surface area contributed by atoms with Crippen molar-refractivity contribution in [2.75, 3.05) is 49.6 Å². The quantitative estimate of drug-likeness (QED) is 0.625. The zero-order valence-electron chi connectivity index (χ0n) is 18.1. The lowest BCUT2D eigenvalue weighted by Gasteiger charge is -2.31. The Morgan fingerprint density at radius 3 is 2.48 bits per heavy atom. The summed E-state index contributed by atoms with van der Waals surface area (Å²) in [4.78, 5) is 14.8. The number of anilines is 2. The molecule has 0 radical (unpaired) electrons. The van der Waals surface area contributed by atoms with E-state index < -0.39 is 10.0 Å². The number of ether oxygens (including phenoxy) is 1. The van der Waals surface area contributed by atoms with Gasteiger partial charge in [-0.15, -0.1) is 0 Å². The molecule has 0 spiro atoms. The molecule has 9 heteroatoms. The Labute approximate surface area is 183 Å². The summed E-state index contributed by atoms with van der Waals surface area (Å²) in [5.74, 6) is 0.948. The van der Waals surface area contributed by atoms with Gasteiger partial charge in [0, 0.05) is 32.3 Å². The number of aryl methyl sites for hydroxylation is 1. The number of furan rings is 1. The fraction of sp³-hybridized carbons (Fsp3) is 0.409. The highest BCUT2D eigenvalue weighted by molar-refractivity contribution is 7.89. The van der Waals surface area contributed by atoms with Gasteiger partial charge < -0.3 is 19.4 Å². The molecule has 2 aromatic rings. The maximum atomic E-state index is 13.0. The van der Waals surface area contributed by atoms with Crippen LogP contribution in [0.15, 0.2) is 45.7 Å². The van der Waals surface area contributed by atoms with Crippen molar-refractivity contribution in [2.45, 2.75) is 25.7 Å². The van der Waals surface area contributed by atoms with E-state index in [-0.39, 0.29) is 10.8 Å². The summed E-state index contributed by atoms with van der Waals surface area (Å²) in [5.41, 5.74) is 1.21. The van der Waals surface area contributed by atoms with Gasteiger partial charge in [0.1, 0.15) is 11.5 Å². The number of carbonyl (C=O) groups excluding carboxylic acids is 1. The highest BCUT2D eigenvalue weighted by Gasteiger charge is 2.24. The lowest BCUT2D eigenvalue weighted by atomic mass is 10.2. The molecule has 0 atom stereocenters. The van der Waals surface area contributed by atoms with Crippen LogP contribution in [0, 0.1) is 6.92 Å². The van der Waals surface area contributed by atoms with Crippen molar-refractivity contribution in [1.29, 1.82) is 0 Å². The Hall–Kier alpha value is -2.62. The minimum atomic E-state index is -3.65. The zero-order valence-corrected chi connectivity index (χ0v) is 18.9. The van der Waals surface area contributed by atoms with Crippen LogP contribution in [0.1, 0.15) is 25.4 Å². The first-order valence-electron chi connectivity index (χ1n) is 10.4. The van der Waals surface area contributed by atoms with E-state index in [0.717, 1.165) is 11.4 Å². The molecule has 0 bridgehead atoms. The molecule has 1 aliphatic rings. The van der Waals surface area contributed by atoms with Gasteiger partial charge in [0.15, 0.2) is 0 Å². The summed E-state index contributed by atoms with van der Waals surface area (Å²) in [6.45, 7) is 8.64. The molecule has 1 aromatic heterocycles. The van der Waals surface area contributed by atoms with E-state index in [9.17, 15) is 13.2 Å². The standard InChI is InChI=1S/C22H29N3O5S/c1-4-25(5-2)31(27,28)19-9-10-21(24-12-14-29-15-13-24)20(16-19)23-22(26)11-8-18-7-6-17(3)30-18/h6-11,16H,4-5,12-15H2,1-3H3,(H,23,26)/b11-8+. The van der Waals surface area contributed by atoms with Gasteiger partial charge in [0.2, 0.25) is 15.9 Å². The Bertz CT molecular complexity index is 1040. The third kappa shape index (κ3) is 5.55. The molecule has 1 saturated heterocycles. The fourth-order valence-corrected chi connectivity index (χ4v) is 4.93. The molecule has 168 valence electrons. The second-order valence-corrected chi connectivity index (χ2v) is 9.08. The molecule has 0 aliphatic carbocycles. The zero-order chi connectivity index (χ0) is 22.4. The summed E-state index contributed by atoms with van der Waals surface area (Å²) in [7, 11) is -3.65. The van der Waals surface area contributed by atoms with Crippen LogP contribution in [0.25, 0.3) is 6.08 Å². The molecule has 1 aliphatic heterocycles. The molecule has 1 amide bonds. The molecular formula is C22H29N3O5S. The number of benzene rings is 1. The van der Waals surface area contributed by atoms with Crippen molar-refractivity contribution in [3.8, 4) is 0 Å². The van der Waals surface area contributed by atoms with Crippen molar-refractivity contribution < 1.29 is 22.4 Å². The minimum Gasteiger partial charge on any atom is -0.462 e. The first-order valence-corrected chi connectivity index (χ1v) is 11.8. The average Bonchev–Trinajstić information content (AvgIpc) is 3.18. The van der Waals surface area contributed by atoms with Crippen molar-refractivity contribution in [2.24, 2.45) is 0 Å². The van der Waals surface area contributed by atoms with E-state index >= 15 is 0 Å². The summed E-state index contributed by atoms with van der Waals surface area (Å²) < 4.78 is 38.2. The van der Waals surface area contributed by atoms with Crippen molar-refractivity contribution >= 4 is 33.4 Å². The predicted octanol–water partition coefficient (Wildman–Crippen LogP) is 3.11. The van der Waals surface area contributed by atoms with Crippen LogP contribution in [-0.4, -0.2) is 58.0 Å². The monoisotopic (exact) mass is 447 g/mol. The van der Waals surface area contributed by atoms with Crippen molar-refractivity contribution in [3.63, 3.8) is 0 Å². The third-order valence-corrected chi connectivity index (χ3v) is 7.13. The number of hydrogen-bond donors (Lipinski definition) is 1. The van der Waals surface area contributed by atoms with E-state index in [1.807, 2.05) is 13.0 Å².